The summed E-state index contributed by atoms with van der Waals surface area (Å²) in [6, 6.07) is 13.8. The number of hydrogen-bond donors (Lipinski definition) is 1. The van der Waals surface area contributed by atoms with Crippen LogP contribution in [0.3, 0.4) is 0 Å². The van der Waals surface area contributed by atoms with Crippen LogP contribution in [0.1, 0.15) is 36.0 Å². The first-order valence-corrected chi connectivity index (χ1v) is 11.2. The van der Waals surface area contributed by atoms with Gasteiger partial charge in [0.05, 0.1) is 31.4 Å². The van der Waals surface area contributed by atoms with Gasteiger partial charge in [-0.25, -0.2) is 4.98 Å². The Kier molecular flexibility index (Phi) is 7.03. The molecular formula is C25H30N4O3. The summed E-state index contributed by atoms with van der Waals surface area (Å²) < 4.78 is 12.3. The van der Waals surface area contributed by atoms with Crippen molar-refractivity contribution in [2.75, 3.05) is 38.2 Å². The number of ether oxygens (including phenoxy) is 2. The first-order chi connectivity index (χ1) is 15.6. The Bertz CT molecular complexity index is 972. The zero-order valence-electron chi connectivity index (χ0n) is 18.5. The number of carbonyl (C=O) groups is 1. The van der Waals surface area contributed by atoms with E-state index in [1.165, 1.54) is 11.1 Å². The van der Waals surface area contributed by atoms with Crippen molar-refractivity contribution in [2.24, 2.45) is 0 Å². The SMILES string of the molecule is Cc1ccccc1CCC(=O)N1CCOC[C@]2(CC[C@@H](CNc3ccc(C#N)cn3)O2)C1. The van der Waals surface area contributed by atoms with Gasteiger partial charge in [-0.3, -0.25) is 4.79 Å². The van der Waals surface area contributed by atoms with Gasteiger partial charge in [0, 0.05) is 25.7 Å². The first kappa shape index (κ1) is 22.3. The summed E-state index contributed by atoms with van der Waals surface area (Å²) in [6.45, 7) is 4.95. The van der Waals surface area contributed by atoms with Gasteiger partial charge in [-0.2, -0.15) is 5.26 Å². The van der Waals surface area contributed by atoms with Gasteiger partial charge >= 0.3 is 0 Å². The second kappa shape index (κ2) is 10.1. The maximum atomic E-state index is 13.0. The van der Waals surface area contributed by atoms with E-state index in [9.17, 15) is 4.79 Å². The fourth-order valence-electron chi connectivity index (χ4n) is 4.45. The molecule has 2 aliphatic rings. The van der Waals surface area contributed by atoms with Gasteiger partial charge in [0.15, 0.2) is 0 Å². The third kappa shape index (κ3) is 5.45. The molecule has 0 bridgehead atoms. The van der Waals surface area contributed by atoms with Crippen LogP contribution >= 0.6 is 0 Å². The Labute approximate surface area is 189 Å². The molecule has 1 spiro atoms. The molecule has 7 heteroatoms. The zero-order valence-corrected chi connectivity index (χ0v) is 18.5. The summed E-state index contributed by atoms with van der Waals surface area (Å²) >= 11 is 0. The Balaban J connectivity index is 1.31. The quantitative estimate of drug-likeness (QED) is 0.752. The Hall–Kier alpha value is -2.95. The van der Waals surface area contributed by atoms with Gasteiger partial charge < -0.3 is 19.7 Å². The number of rotatable bonds is 6. The molecule has 32 heavy (non-hydrogen) atoms. The van der Waals surface area contributed by atoms with Crippen LogP contribution in [0.4, 0.5) is 5.82 Å². The predicted octanol–water partition coefficient (Wildman–Crippen LogP) is 3.08. The largest absolute Gasteiger partial charge is 0.377 e. The topological polar surface area (TPSA) is 87.5 Å². The van der Waals surface area contributed by atoms with E-state index in [4.69, 9.17) is 14.7 Å². The number of aryl methyl sites for hydroxylation is 2. The number of nitrogens with one attached hydrogen (secondary N) is 1. The Morgan fingerprint density at radius 1 is 1.34 bits per heavy atom. The molecule has 0 aliphatic carbocycles. The number of pyridine rings is 1. The van der Waals surface area contributed by atoms with E-state index in [1.807, 2.05) is 17.0 Å². The third-order valence-electron chi connectivity index (χ3n) is 6.31. The highest BCUT2D eigenvalue weighted by molar-refractivity contribution is 5.76. The highest BCUT2D eigenvalue weighted by Gasteiger charge is 2.43. The number of nitriles is 1. The molecule has 168 valence electrons. The molecule has 2 fully saturated rings. The molecular weight excluding hydrogens is 404 g/mol. The summed E-state index contributed by atoms with van der Waals surface area (Å²) in [5.41, 5.74) is 2.54. The minimum absolute atomic E-state index is 0.0260. The number of carbonyl (C=O) groups excluding carboxylic acids is 1. The van der Waals surface area contributed by atoms with Crippen molar-refractivity contribution in [2.45, 2.75) is 44.3 Å². The fraction of sp³-hybridized carbons (Fsp3) is 0.480. The van der Waals surface area contributed by atoms with Gasteiger partial charge in [0.2, 0.25) is 5.91 Å². The average Bonchev–Trinajstić information content (AvgIpc) is 3.09. The number of nitrogens with zero attached hydrogens (tertiary/aromatic N) is 3. The first-order valence-electron chi connectivity index (χ1n) is 11.2. The van der Waals surface area contributed by atoms with E-state index in [0.717, 1.165) is 25.1 Å². The van der Waals surface area contributed by atoms with Crippen molar-refractivity contribution in [1.29, 1.82) is 5.26 Å². The standard InChI is InChI=1S/C25H30N4O3/c1-19-4-2-3-5-21(19)7-9-24(30)29-12-13-31-18-25(17-29)11-10-22(32-25)16-28-23-8-6-20(14-26)15-27-23/h2-6,8,15,22H,7,9-13,16-18H2,1H3,(H,27,28)/t22-,25-/m0/s1. The van der Waals surface area contributed by atoms with E-state index in [0.29, 0.717) is 44.8 Å². The smallest absolute Gasteiger partial charge is 0.223 e. The molecule has 0 unspecified atom stereocenters. The van der Waals surface area contributed by atoms with Crippen LogP contribution in [0.5, 0.6) is 0 Å². The van der Waals surface area contributed by atoms with E-state index >= 15 is 0 Å². The summed E-state index contributed by atoms with van der Waals surface area (Å²) in [5, 5.41) is 12.2. The van der Waals surface area contributed by atoms with Crippen molar-refractivity contribution in [3.8, 4) is 6.07 Å². The molecule has 2 saturated heterocycles. The molecule has 1 aromatic heterocycles. The van der Waals surface area contributed by atoms with Crippen LogP contribution in [-0.2, 0) is 20.7 Å². The van der Waals surface area contributed by atoms with Gasteiger partial charge in [-0.1, -0.05) is 24.3 Å². The second-order valence-corrected chi connectivity index (χ2v) is 8.68. The molecule has 3 heterocycles. The number of anilines is 1. The van der Waals surface area contributed by atoms with Gasteiger partial charge in [0.1, 0.15) is 17.5 Å². The van der Waals surface area contributed by atoms with Gasteiger partial charge in [-0.15, -0.1) is 0 Å². The van der Waals surface area contributed by atoms with Crippen molar-refractivity contribution in [1.82, 2.24) is 9.88 Å². The van der Waals surface area contributed by atoms with E-state index in [-0.39, 0.29) is 12.0 Å². The van der Waals surface area contributed by atoms with E-state index < -0.39 is 5.60 Å². The van der Waals surface area contributed by atoms with E-state index in [2.05, 4.69) is 35.4 Å². The lowest BCUT2D eigenvalue weighted by molar-refractivity contribution is -0.135. The molecule has 1 aromatic carbocycles. The maximum Gasteiger partial charge on any atom is 0.223 e. The Morgan fingerprint density at radius 3 is 3.00 bits per heavy atom. The summed E-state index contributed by atoms with van der Waals surface area (Å²) in [4.78, 5) is 19.2. The molecule has 1 amide bonds. The molecule has 1 N–H and O–H groups in total. The highest BCUT2D eigenvalue weighted by Crippen LogP contribution is 2.33. The van der Waals surface area contributed by atoms with Gasteiger partial charge in [-0.05, 0) is 49.4 Å². The van der Waals surface area contributed by atoms with Crippen molar-refractivity contribution in [3.05, 3.63) is 59.3 Å². The minimum atomic E-state index is -0.445. The summed E-state index contributed by atoms with van der Waals surface area (Å²) in [6.07, 6.45) is 4.59. The zero-order chi connectivity index (χ0) is 22.4. The highest BCUT2D eigenvalue weighted by atomic mass is 16.6. The van der Waals surface area contributed by atoms with Crippen LogP contribution < -0.4 is 5.32 Å². The summed E-state index contributed by atoms with van der Waals surface area (Å²) in [7, 11) is 0. The van der Waals surface area contributed by atoms with Crippen molar-refractivity contribution >= 4 is 11.7 Å². The second-order valence-electron chi connectivity index (χ2n) is 8.68. The van der Waals surface area contributed by atoms with Crippen LogP contribution in [-0.4, -0.2) is 60.3 Å². The van der Waals surface area contributed by atoms with Crippen LogP contribution in [0.15, 0.2) is 42.6 Å². The number of benzene rings is 1. The van der Waals surface area contributed by atoms with Gasteiger partial charge in [0.25, 0.3) is 0 Å². The molecule has 2 atom stereocenters. The third-order valence-corrected chi connectivity index (χ3v) is 6.31. The number of aromatic nitrogens is 1. The predicted molar refractivity (Wildman–Crippen MR) is 121 cm³/mol. The molecule has 0 saturated carbocycles. The molecule has 2 aliphatic heterocycles. The van der Waals surface area contributed by atoms with E-state index in [1.54, 1.807) is 18.3 Å². The molecule has 2 aromatic rings. The normalized spacial score (nSPS) is 23.0. The molecule has 7 nitrogen and oxygen atoms in total. The maximum absolute atomic E-state index is 13.0. The number of amides is 1. The average molecular weight is 435 g/mol. The molecule has 0 radical (unpaired) electrons. The monoisotopic (exact) mass is 434 g/mol. The van der Waals surface area contributed by atoms with Crippen molar-refractivity contribution < 1.29 is 14.3 Å². The van der Waals surface area contributed by atoms with Crippen molar-refractivity contribution in [3.63, 3.8) is 0 Å². The molecule has 4 rings (SSSR count). The minimum Gasteiger partial charge on any atom is -0.377 e. The van der Waals surface area contributed by atoms with Crippen LogP contribution in [0.25, 0.3) is 0 Å². The lowest BCUT2D eigenvalue weighted by Gasteiger charge is -2.32. The summed E-state index contributed by atoms with van der Waals surface area (Å²) in [5.74, 6) is 0.878. The van der Waals surface area contributed by atoms with Crippen LogP contribution in [0.2, 0.25) is 0 Å². The van der Waals surface area contributed by atoms with Crippen LogP contribution in [0, 0.1) is 18.3 Å². The number of hydrogen-bond acceptors (Lipinski definition) is 6. The lowest BCUT2D eigenvalue weighted by Crippen LogP contribution is -2.47. The Morgan fingerprint density at radius 2 is 2.22 bits per heavy atom. The lowest BCUT2D eigenvalue weighted by atomic mass is 9.99. The fourth-order valence-corrected chi connectivity index (χ4v) is 4.45.